The molecule has 0 aromatic carbocycles. The Labute approximate surface area is 142 Å². The van der Waals surface area contributed by atoms with Gasteiger partial charge in [-0.1, -0.05) is 6.07 Å². The maximum atomic E-state index is 11.7. The lowest BCUT2D eigenvalue weighted by Gasteiger charge is -2.31. The fourth-order valence-electron chi connectivity index (χ4n) is 2.57. The zero-order valence-electron chi connectivity index (χ0n) is 14.2. The molecule has 1 fully saturated rings. The van der Waals surface area contributed by atoms with Gasteiger partial charge in [0.05, 0.1) is 20.3 Å². The number of rotatable bonds is 5. The first-order chi connectivity index (χ1) is 11.6. The number of methoxy groups -OCH3 is 1. The summed E-state index contributed by atoms with van der Waals surface area (Å²) in [6.45, 7) is 3.91. The largest absolute Gasteiger partial charge is 0.481 e. The molecule has 1 aliphatic heterocycles. The van der Waals surface area contributed by atoms with Crippen LogP contribution in [0.2, 0.25) is 0 Å². The van der Waals surface area contributed by atoms with E-state index < -0.39 is 0 Å². The summed E-state index contributed by atoms with van der Waals surface area (Å²) in [5.74, 6) is 0.937. The third-order valence-corrected chi connectivity index (χ3v) is 3.84. The Kier molecular flexibility index (Phi) is 6.65. The number of aliphatic imine (C=N–C) groups is 1. The minimum absolute atomic E-state index is 0.204. The molecule has 0 unspecified atom stereocenters. The highest BCUT2D eigenvalue weighted by atomic mass is 16.6. The van der Waals surface area contributed by atoms with E-state index >= 15 is 0 Å². The number of aromatic nitrogens is 1. The molecule has 1 aromatic heterocycles. The molecule has 0 saturated carbocycles. The molecule has 3 N–H and O–H groups in total. The fraction of sp³-hybridized carbons (Fsp3) is 0.562. The first kappa shape index (κ1) is 17.8. The van der Waals surface area contributed by atoms with Crippen molar-refractivity contribution in [1.29, 1.82) is 0 Å². The number of amides is 1. The van der Waals surface area contributed by atoms with E-state index in [2.05, 4.69) is 15.3 Å². The van der Waals surface area contributed by atoms with Gasteiger partial charge in [-0.15, -0.1) is 0 Å². The summed E-state index contributed by atoms with van der Waals surface area (Å²) in [7, 11) is 1.58. The molecule has 8 heteroatoms. The summed E-state index contributed by atoms with van der Waals surface area (Å²) in [6, 6.07) is 3.94. The monoisotopic (exact) mass is 335 g/mol. The molecule has 1 aliphatic rings. The normalized spacial score (nSPS) is 15.9. The van der Waals surface area contributed by atoms with Crippen LogP contribution in [-0.4, -0.2) is 54.8 Å². The van der Waals surface area contributed by atoms with Crippen molar-refractivity contribution in [3.63, 3.8) is 0 Å². The van der Waals surface area contributed by atoms with Crippen LogP contribution in [0.5, 0.6) is 5.88 Å². The van der Waals surface area contributed by atoms with Crippen LogP contribution in [0.15, 0.2) is 23.3 Å². The van der Waals surface area contributed by atoms with Gasteiger partial charge < -0.3 is 25.4 Å². The first-order valence-electron chi connectivity index (χ1n) is 8.10. The van der Waals surface area contributed by atoms with Gasteiger partial charge >= 0.3 is 6.09 Å². The van der Waals surface area contributed by atoms with Crippen LogP contribution >= 0.6 is 0 Å². The van der Waals surface area contributed by atoms with Crippen molar-refractivity contribution in [3.05, 3.63) is 23.9 Å². The Hall–Kier alpha value is -2.51. The van der Waals surface area contributed by atoms with Crippen molar-refractivity contribution in [1.82, 2.24) is 15.2 Å². The molecule has 1 aromatic rings. The third-order valence-electron chi connectivity index (χ3n) is 3.84. The van der Waals surface area contributed by atoms with Crippen molar-refractivity contribution < 1.29 is 14.3 Å². The van der Waals surface area contributed by atoms with E-state index in [-0.39, 0.29) is 12.1 Å². The molecule has 8 nitrogen and oxygen atoms in total. The van der Waals surface area contributed by atoms with E-state index in [1.54, 1.807) is 25.1 Å². The number of guanidine groups is 1. The molecular formula is C16H25N5O3. The minimum Gasteiger partial charge on any atom is -0.481 e. The quantitative estimate of drug-likeness (QED) is 0.617. The second-order valence-electron chi connectivity index (χ2n) is 5.48. The van der Waals surface area contributed by atoms with Crippen molar-refractivity contribution in [2.75, 3.05) is 26.8 Å². The predicted molar refractivity (Wildman–Crippen MR) is 90.9 cm³/mol. The van der Waals surface area contributed by atoms with Gasteiger partial charge in [0.25, 0.3) is 0 Å². The Morgan fingerprint density at radius 2 is 2.25 bits per heavy atom. The minimum atomic E-state index is -0.249. The highest BCUT2D eigenvalue weighted by molar-refractivity contribution is 5.78. The number of nitrogens with one attached hydrogen (secondary N) is 1. The molecule has 0 aliphatic carbocycles. The summed E-state index contributed by atoms with van der Waals surface area (Å²) >= 11 is 0. The van der Waals surface area contributed by atoms with E-state index in [0.29, 0.717) is 38.1 Å². The van der Waals surface area contributed by atoms with E-state index in [1.807, 2.05) is 12.1 Å². The molecule has 0 bridgehead atoms. The van der Waals surface area contributed by atoms with Crippen molar-refractivity contribution in [2.24, 2.45) is 10.7 Å². The number of ether oxygens (including phenoxy) is 2. The number of piperidine rings is 1. The second-order valence-corrected chi connectivity index (χ2v) is 5.48. The van der Waals surface area contributed by atoms with Gasteiger partial charge in [0, 0.05) is 30.9 Å². The molecule has 24 heavy (non-hydrogen) atoms. The first-order valence-corrected chi connectivity index (χ1v) is 8.10. The van der Waals surface area contributed by atoms with E-state index in [0.717, 1.165) is 18.4 Å². The van der Waals surface area contributed by atoms with Gasteiger partial charge in [0.2, 0.25) is 5.88 Å². The maximum absolute atomic E-state index is 11.7. The number of carbonyl (C=O) groups is 1. The lowest BCUT2D eigenvalue weighted by Crippen LogP contribution is -2.48. The number of nitrogens with zero attached hydrogens (tertiary/aromatic N) is 3. The summed E-state index contributed by atoms with van der Waals surface area (Å²) in [5.41, 5.74) is 6.84. The van der Waals surface area contributed by atoms with Crippen LogP contribution in [-0.2, 0) is 11.3 Å². The zero-order chi connectivity index (χ0) is 17.4. The number of likely N-dealkylation sites (tertiary alicyclic amines) is 1. The molecule has 0 atom stereocenters. The van der Waals surface area contributed by atoms with E-state index in [4.69, 9.17) is 15.2 Å². The second kappa shape index (κ2) is 8.95. The van der Waals surface area contributed by atoms with Gasteiger partial charge in [-0.3, -0.25) is 0 Å². The molecule has 0 spiro atoms. The maximum Gasteiger partial charge on any atom is 0.409 e. The van der Waals surface area contributed by atoms with Crippen LogP contribution in [0.4, 0.5) is 4.79 Å². The number of carbonyl (C=O) groups excluding carboxylic acids is 1. The number of nitrogens with two attached hydrogens (primary N) is 1. The van der Waals surface area contributed by atoms with E-state index in [1.165, 1.54) is 0 Å². The summed E-state index contributed by atoms with van der Waals surface area (Å²) in [5, 5.41) is 3.21. The number of hydrogen-bond donors (Lipinski definition) is 2. The molecule has 1 amide bonds. The van der Waals surface area contributed by atoms with Crippen molar-refractivity contribution in [2.45, 2.75) is 32.4 Å². The highest BCUT2D eigenvalue weighted by Crippen LogP contribution is 2.15. The topological polar surface area (TPSA) is 102 Å². The Morgan fingerprint density at radius 1 is 1.50 bits per heavy atom. The predicted octanol–water partition coefficient (Wildman–Crippen LogP) is 1.12. The van der Waals surface area contributed by atoms with Crippen LogP contribution in [0, 0.1) is 0 Å². The van der Waals surface area contributed by atoms with Gasteiger partial charge in [0.1, 0.15) is 0 Å². The van der Waals surface area contributed by atoms with Gasteiger partial charge in [0.15, 0.2) is 5.96 Å². The lowest BCUT2D eigenvalue weighted by atomic mass is 10.1. The Balaban J connectivity index is 1.80. The third kappa shape index (κ3) is 5.00. The lowest BCUT2D eigenvalue weighted by molar-refractivity contribution is 0.0963. The van der Waals surface area contributed by atoms with Crippen LogP contribution in [0.25, 0.3) is 0 Å². The molecule has 2 heterocycles. The fourth-order valence-corrected chi connectivity index (χ4v) is 2.57. The average molecular weight is 335 g/mol. The van der Waals surface area contributed by atoms with Gasteiger partial charge in [-0.2, -0.15) is 0 Å². The summed E-state index contributed by atoms with van der Waals surface area (Å²) in [6.07, 6.45) is 3.04. The number of pyridine rings is 1. The van der Waals surface area contributed by atoms with Crippen molar-refractivity contribution >= 4 is 12.1 Å². The van der Waals surface area contributed by atoms with Crippen LogP contribution in [0.3, 0.4) is 0 Å². The molecule has 0 radical (unpaired) electrons. The van der Waals surface area contributed by atoms with Crippen LogP contribution in [0.1, 0.15) is 25.3 Å². The van der Waals surface area contributed by atoms with Gasteiger partial charge in [-0.25, -0.2) is 14.8 Å². The zero-order valence-corrected chi connectivity index (χ0v) is 14.2. The smallest absolute Gasteiger partial charge is 0.409 e. The van der Waals surface area contributed by atoms with Crippen molar-refractivity contribution in [3.8, 4) is 5.88 Å². The molecular weight excluding hydrogens is 310 g/mol. The summed E-state index contributed by atoms with van der Waals surface area (Å²) < 4.78 is 10.2. The Bertz CT molecular complexity index is 571. The molecule has 132 valence electrons. The average Bonchev–Trinajstić information content (AvgIpc) is 2.61. The number of hydrogen-bond acceptors (Lipinski definition) is 5. The van der Waals surface area contributed by atoms with Crippen LogP contribution < -0.4 is 15.8 Å². The van der Waals surface area contributed by atoms with Gasteiger partial charge in [-0.05, 0) is 25.8 Å². The SMILES string of the molecule is CCOC(=O)N1CCC(NC(N)=NCc2cccnc2OC)CC1. The standard InChI is InChI=1S/C16H25N5O3/c1-3-24-16(22)21-9-6-13(7-10-21)20-15(17)19-11-12-5-4-8-18-14(12)23-2/h4-5,8,13H,3,6-7,9-11H2,1-2H3,(H3,17,19,20). The van der Waals surface area contributed by atoms with E-state index in [9.17, 15) is 4.79 Å². The molecule has 2 rings (SSSR count). The molecule has 1 saturated heterocycles. The summed E-state index contributed by atoms with van der Waals surface area (Å²) in [4.78, 5) is 21.8. The Morgan fingerprint density at radius 3 is 2.92 bits per heavy atom. The highest BCUT2D eigenvalue weighted by Gasteiger charge is 2.23.